The number of carbonyl (C=O) groups excluding carboxylic acids is 1. The molecule has 2 heterocycles. The molecule has 0 unspecified atom stereocenters. The SMILES string of the molecule is CCCS(=O)(=O)N1CCCN(C(=O)c2ccc3c(c2)CCCO3)CC1. The van der Waals surface area contributed by atoms with Crippen LogP contribution in [0.25, 0.3) is 0 Å². The normalized spacial score (nSPS) is 19.0. The molecule has 138 valence electrons. The molecule has 0 saturated carbocycles. The van der Waals surface area contributed by atoms with Crippen molar-refractivity contribution in [3.05, 3.63) is 29.3 Å². The van der Waals surface area contributed by atoms with Crippen molar-refractivity contribution >= 4 is 15.9 Å². The number of hydrogen-bond acceptors (Lipinski definition) is 4. The third-order valence-electron chi connectivity index (χ3n) is 4.75. The Labute approximate surface area is 149 Å². The van der Waals surface area contributed by atoms with Crippen LogP contribution >= 0.6 is 0 Å². The number of nitrogens with zero attached hydrogens (tertiary/aromatic N) is 2. The second kappa shape index (κ2) is 7.74. The number of amides is 1. The van der Waals surface area contributed by atoms with Crippen LogP contribution < -0.4 is 4.74 Å². The summed E-state index contributed by atoms with van der Waals surface area (Å²) >= 11 is 0. The number of ether oxygens (including phenoxy) is 1. The average Bonchev–Trinajstić information content (AvgIpc) is 2.87. The van der Waals surface area contributed by atoms with Gasteiger partial charge in [0.25, 0.3) is 5.91 Å². The Balaban J connectivity index is 1.69. The third-order valence-corrected chi connectivity index (χ3v) is 6.83. The van der Waals surface area contributed by atoms with Crippen molar-refractivity contribution in [2.75, 3.05) is 38.5 Å². The van der Waals surface area contributed by atoms with Crippen LogP contribution in [0.5, 0.6) is 5.75 Å². The van der Waals surface area contributed by atoms with E-state index in [1.165, 1.54) is 4.31 Å². The fourth-order valence-electron chi connectivity index (χ4n) is 3.44. The van der Waals surface area contributed by atoms with Gasteiger partial charge in [-0.15, -0.1) is 0 Å². The number of sulfonamides is 1. The second-order valence-electron chi connectivity index (χ2n) is 6.64. The molecule has 1 aromatic carbocycles. The van der Waals surface area contributed by atoms with Crippen LogP contribution in [0.4, 0.5) is 0 Å². The standard InChI is InChI=1S/C18H26N2O4S/c1-2-13-25(22,23)20-9-4-8-19(10-11-20)18(21)16-6-7-17-15(14-16)5-3-12-24-17/h6-7,14H,2-5,8-13H2,1H3. The van der Waals surface area contributed by atoms with E-state index in [0.29, 0.717) is 44.6 Å². The quantitative estimate of drug-likeness (QED) is 0.816. The third kappa shape index (κ3) is 4.15. The molecule has 0 atom stereocenters. The van der Waals surface area contributed by atoms with Gasteiger partial charge in [-0.05, 0) is 49.4 Å². The van der Waals surface area contributed by atoms with E-state index in [1.807, 2.05) is 25.1 Å². The molecule has 0 radical (unpaired) electrons. The highest BCUT2D eigenvalue weighted by Gasteiger charge is 2.27. The first-order chi connectivity index (χ1) is 12.0. The Bertz CT molecular complexity index is 733. The van der Waals surface area contributed by atoms with Gasteiger partial charge in [0.1, 0.15) is 5.75 Å². The summed E-state index contributed by atoms with van der Waals surface area (Å²) in [6.07, 6.45) is 3.18. The molecule has 6 nitrogen and oxygen atoms in total. The maximum atomic E-state index is 12.8. The van der Waals surface area contributed by atoms with Gasteiger partial charge in [0.2, 0.25) is 10.0 Å². The lowest BCUT2D eigenvalue weighted by atomic mass is 10.0. The van der Waals surface area contributed by atoms with Crippen molar-refractivity contribution in [1.82, 2.24) is 9.21 Å². The summed E-state index contributed by atoms with van der Waals surface area (Å²) in [6, 6.07) is 5.61. The maximum absolute atomic E-state index is 12.8. The molecule has 0 aliphatic carbocycles. The van der Waals surface area contributed by atoms with Crippen LogP contribution in [-0.2, 0) is 16.4 Å². The van der Waals surface area contributed by atoms with Crippen molar-refractivity contribution in [3.8, 4) is 5.75 Å². The predicted molar refractivity (Wildman–Crippen MR) is 96.4 cm³/mol. The van der Waals surface area contributed by atoms with Gasteiger partial charge < -0.3 is 9.64 Å². The molecule has 1 amide bonds. The lowest BCUT2D eigenvalue weighted by molar-refractivity contribution is 0.0764. The average molecular weight is 366 g/mol. The monoisotopic (exact) mass is 366 g/mol. The molecule has 1 fully saturated rings. The fourth-order valence-corrected chi connectivity index (χ4v) is 4.98. The van der Waals surface area contributed by atoms with Crippen LogP contribution in [0.3, 0.4) is 0 Å². The Morgan fingerprint density at radius 3 is 2.80 bits per heavy atom. The smallest absolute Gasteiger partial charge is 0.253 e. The summed E-state index contributed by atoms with van der Waals surface area (Å²) in [5.41, 5.74) is 1.74. The van der Waals surface area contributed by atoms with E-state index in [2.05, 4.69) is 0 Å². The first-order valence-electron chi connectivity index (χ1n) is 9.04. The minimum Gasteiger partial charge on any atom is -0.493 e. The van der Waals surface area contributed by atoms with Crippen molar-refractivity contribution in [3.63, 3.8) is 0 Å². The molecular weight excluding hydrogens is 340 g/mol. The number of carbonyl (C=O) groups is 1. The summed E-state index contributed by atoms with van der Waals surface area (Å²) in [7, 11) is -3.20. The van der Waals surface area contributed by atoms with Gasteiger partial charge in [-0.1, -0.05) is 6.92 Å². The van der Waals surface area contributed by atoms with E-state index < -0.39 is 10.0 Å². The van der Waals surface area contributed by atoms with E-state index in [9.17, 15) is 13.2 Å². The van der Waals surface area contributed by atoms with Gasteiger partial charge in [-0.25, -0.2) is 12.7 Å². The molecule has 0 N–H and O–H groups in total. The Morgan fingerprint density at radius 2 is 2.00 bits per heavy atom. The van der Waals surface area contributed by atoms with Crippen LogP contribution in [0.1, 0.15) is 42.1 Å². The minimum atomic E-state index is -3.20. The molecule has 1 aromatic rings. The van der Waals surface area contributed by atoms with E-state index in [-0.39, 0.29) is 11.7 Å². The largest absolute Gasteiger partial charge is 0.493 e. The molecule has 0 spiro atoms. The number of benzene rings is 1. The van der Waals surface area contributed by atoms with Gasteiger partial charge in [0.05, 0.1) is 12.4 Å². The summed E-state index contributed by atoms with van der Waals surface area (Å²) in [5, 5.41) is 0. The van der Waals surface area contributed by atoms with E-state index in [4.69, 9.17) is 4.74 Å². The van der Waals surface area contributed by atoms with Gasteiger partial charge >= 0.3 is 0 Å². The number of aryl methyl sites for hydroxylation is 1. The lowest BCUT2D eigenvalue weighted by Crippen LogP contribution is -2.38. The summed E-state index contributed by atoms with van der Waals surface area (Å²) in [6.45, 7) is 4.49. The van der Waals surface area contributed by atoms with Crippen molar-refractivity contribution in [1.29, 1.82) is 0 Å². The number of hydrogen-bond donors (Lipinski definition) is 0. The summed E-state index contributed by atoms with van der Waals surface area (Å²) in [5.74, 6) is 1.02. The Hall–Kier alpha value is -1.60. The maximum Gasteiger partial charge on any atom is 0.253 e. The van der Waals surface area contributed by atoms with Crippen LogP contribution in [-0.4, -0.2) is 62.1 Å². The first kappa shape index (κ1) is 18.2. The molecular formula is C18H26N2O4S. The van der Waals surface area contributed by atoms with Gasteiger partial charge in [-0.3, -0.25) is 4.79 Å². The van der Waals surface area contributed by atoms with Gasteiger partial charge in [0, 0.05) is 31.7 Å². The fraction of sp³-hybridized carbons (Fsp3) is 0.611. The van der Waals surface area contributed by atoms with Crippen LogP contribution in [0.15, 0.2) is 18.2 Å². The van der Waals surface area contributed by atoms with Crippen LogP contribution in [0.2, 0.25) is 0 Å². The highest BCUT2D eigenvalue weighted by molar-refractivity contribution is 7.89. The highest BCUT2D eigenvalue weighted by Crippen LogP contribution is 2.26. The molecule has 3 rings (SSSR count). The lowest BCUT2D eigenvalue weighted by Gasteiger charge is -2.23. The van der Waals surface area contributed by atoms with Crippen molar-refractivity contribution in [2.45, 2.75) is 32.6 Å². The van der Waals surface area contributed by atoms with Crippen molar-refractivity contribution < 1.29 is 17.9 Å². The Morgan fingerprint density at radius 1 is 1.16 bits per heavy atom. The van der Waals surface area contributed by atoms with Crippen LogP contribution in [0, 0.1) is 0 Å². The number of rotatable bonds is 4. The molecule has 25 heavy (non-hydrogen) atoms. The highest BCUT2D eigenvalue weighted by atomic mass is 32.2. The first-order valence-corrected chi connectivity index (χ1v) is 10.6. The zero-order valence-corrected chi connectivity index (χ0v) is 15.6. The van der Waals surface area contributed by atoms with E-state index >= 15 is 0 Å². The summed E-state index contributed by atoms with van der Waals surface area (Å²) in [4.78, 5) is 14.6. The van der Waals surface area contributed by atoms with E-state index in [1.54, 1.807) is 4.90 Å². The van der Waals surface area contributed by atoms with E-state index in [0.717, 1.165) is 30.8 Å². The molecule has 2 aliphatic rings. The molecule has 7 heteroatoms. The van der Waals surface area contributed by atoms with Gasteiger partial charge in [0.15, 0.2) is 0 Å². The molecule has 0 bridgehead atoms. The second-order valence-corrected chi connectivity index (χ2v) is 8.72. The Kier molecular flexibility index (Phi) is 5.64. The molecule has 1 saturated heterocycles. The number of fused-ring (bicyclic) bond motifs is 1. The zero-order chi connectivity index (χ0) is 17.9. The zero-order valence-electron chi connectivity index (χ0n) is 14.7. The molecule has 0 aromatic heterocycles. The predicted octanol–water partition coefficient (Wildman–Crippen LogP) is 1.90. The topological polar surface area (TPSA) is 66.9 Å². The minimum absolute atomic E-state index is 0.0249. The van der Waals surface area contributed by atoms with Crippen molar-refractivity contribution in [2.24, 2.45) is 0 Å². The summed E-state index contributed by atoms with van der Waals surface area (Å²) < 4.78 is 31.6. The molecule has 2 aliphatic heterocycles. The van der Waals surface area contributed by atoms with Gasteiger partial charge in [-0.2, -0.15) is 0 Å².